The van der Waals surface area contributed by atoms with Gasteiger partial charge in [0, 0.05) is 17.5 Å². The topological polar surface area (TPSA) is 45.6 Å². The van der Waals surface area contributed by atoms with Gasteiger partial charge in [-0.15, -0.1) is 0 Å². The molecule has 2 aromatic rings. The summed E-state index contributed by atoms with van der Waals surface area (Å²) in [4.78, 5) is 4.69. The summed E-state index contributed by atoms with van der Waals surface area (Å²) in [7, 11) is 4.23. The van der Waals surface area contributed by atoms with Gasteiger partial charge in [0.2, 0.25) is 0 Å². The summed E-state index contributed by atoms with van der Waals surface area (Å²) in [5.74, 6) is 0.919. The molecule has 0 aliphatic rings. The Morgan fingerprint density at radius 3 is 2.57 bits per heavy atom. The molecule has 4 heteroatoms. The number of fused-ring (bicyclic) bond motifs is 1. The number of hydrogen-bond acceptors (Lipinski definition) is 4. The molecule has 21 heavy (non-hydrogen) atoms. The Bertz CT molecular complexity index is 562. The van der Waals surface area contributed by atoms with Crippen LogP contribution in [0, 0.1) is 0 Å². The molecule has 0 saturated carbocycles. The Morgan fingerprint density at radius 2 is 1.90 bits per heavy atom. The van der Waals surface area contributed by atoms with Crippen molar-refractivity contribution in [3.8, 4) is 0 Å². The first-order valence-corrected chi connectivity index (χ1v) is 7.72. The van der Waals surface area contributed by atoms with Crippen LogP contribution in [0.3, 0.4) is 0 Å². The molecule has 2 N–H and O–H groups in total. The largest absolute Gasteiger partial charge is 0.459 e. The maximum atomic E-state index is 5.88. The zero-order valence-electron chi connectivity index (χ0n) is 13.4. The molecule has 0 atom stereocenters. The van der Waals surface area contributed by atoms with Crippen LogP contribution < -0.4 is 5.73 Å². The lowest BCUT2D eigenvalue weighted by molar-refractivity contribution is 0.258. The second-order valence-electron chi connectivity index (χ2n) is 5.73. The maximum absolute atomic E-state index is 5.88. The fraction of sp³-hybridized carbons (Fsp3) is 0.529. The van der Waals surface area contributed by atoms with Gasteiger partial charge in [0.15, 0.2) is 0 Å². The van der Waals surface area contributed by atoms with E-state index in [-0.39, 0.29) is 0 Å². The minimum atomic E-state index is 0.458. The van der Waals surface area contributed by atoms with E-state index in [1.54, 1.807) is 0 Å². The molecule has 1 aromatic heterocycles. The number of rotatable bonds is 8. The average Bonchev–Trinajstić information content (AvgIpc) is 2.83. The molecule has 4 nitrogen and oxygen atoms in total. The highest BCUT2D eigenvalue weighted by molar-refractivity contribution is 5.82. The van der Waals surface area contributed by atoms with Crippen molar-refractivity contribution in [2.75, 3.05) is 33.7 Å². The highest BCUT2D eigenvalue weighted by atomic mass is 16.3. The standard InChI is InChI=1S/C17H27N3O/c1-4-20(11-7-10-19(2)3)13-15-14-8-5-6-9-16(14)21-17(15)12-18/h5-6,8-9H,4,7,10-13,18H2,1-3H3. The van der Waals surface area contributed by atoms with Crippen molar-refractivity contribution >= 4 is 11.0 Å². The maximum Gasteiger partial charge on any atom is 0.134 e. The zero-order valence-corrected chi connectivity index (χ0v) is 13.4. The van der Waals surface area contributed by atoms with Crippen LogP contribution in [0.1, 0.15) is 24.7 Å². The van der Waals surface area contributed by atoms with Gasteiger partial charge in [-0.3, -0.25) is 4.90 Å². The molecule has 0 spiro atoms. The van der Waals surface area contributed by atoms with Crippen molar-refractivity contribution in [2.45, 2.75) is 26.4 Å². The van der Waals surface area contributed by atoms with Gasteiger partial charge in [-0.25, -0.2) is 0 Å². The van der Waals surface area contributed by atoms with E-state index in [1.165, 1.54) is 17.4 Å². The molecule has 116 valence electrons. The Morgan fingerprint density at radius 1 is 1.14 bits per heavy atom. The van der Waals surface area contributed by atoms with Gasteiger partial charge in [0.25, 0.3) is 0 Å². The predicted molar refractivity (Wildman–Crippen MR) is 88.2 cm³/mol. The van der Waals surface area contributed by atoms with E-state index in [2.05, 4.69) is 43.0 Å². The predicted octanol–water partition coefficient (Wildman–Crippen LogP) is 2.67. The van der Waals surface area contributed by atoms with Crippen molar-refractivity contribution in [1.82, 2.24) is 9.80 Å². The van der Waals surface area contributed by atoms with Crippen molar-refractivity contribution < 1.29 is 4.42 Å². The molecule has 0 aliphatic carbocycles. The first kappa shape index (κ1) is 16.0. The summed E-state index contributed by atoms with van der Waals surface area (Å²) in [5.41, 5.74) is 8.04. The fourth-order valence-corrected chi connectivity index (χ4v) is 2.67. The van der Waals surface area contributed by atoms with Crippen LogP contribution in [-0.2, 0) is 13.1 Å². The van der Waals surface area contributed by atoms with Crippen LogP contribution in [-0.4, -0.2) is 43.5 Å². The normalized spacial score (nSPS) is 11.9. The van der Waals surface area contributed by atoms with Crippen molar-refractivity contribution in [3.05, 3.63) is 35.6 Å². The smallest absolute Gasteiger partial charge is 0.134 e. The van der Waals surface area contributed by atoms with Gasteiger partial charge in [0.05, 0.1) is 6.54 Å². The van der Waals surface area contributed by atoms with Gasteiger partial charge < -0.3 is 15.1 Å². The van der Waals surface area contributed by atoms with Crippen LogP contribution in [0.5, 0.6) is 0 Å². The van der Waals surface area contributed by atoms with Crippen LogP contribution in [0.2, 0.25) is 0 Å². The van der Waals surface area contributed by atoms with E-state index in [0.717, 1.165) is 37.5 Å². The average molecular weight is 289 g/mol. The quantitative estimate of drug-likeness (QED) is 0.811. The first-order chi connectivity index (χ1) is 10.2. The van der Waals surface area contributed by atoms with E-state index < -0.39 is 0 Å². The molecular formula is C17H27N3O. The molecule has 0 radical (unpaired) electrons. The van der Waals surface area contributed by atoms with Crippen molar-refractivity contribution in [3.63, 3.8) is 0 Å². The summed E-state index contributed by atoms with van der Waals surface area (Å²) in [6.45, 7) is 6.83. The van der Waals surface area contributed by atoms with Gasteiger partial charge in [-0.2, -0.15) is 0 Å². The third-order valence-corrected chi connectivity index (χ3v) is 3.88. The van der Waals surface area contributed by atoms with Crippen molar-refractivity contribution in [1.29, 1.82) is 0 Å². The van der Waals surface area contributed by atoms with E-state index in [0.29, 0.717) is 6.54 Å². The van der Waals surface area contributed by atoms with Crippen LogP contribution >= 0.6 is 0 Å². The highest BCUT2D eigenvalue weighted by Crippen LogP contribution is 2.26. The van der Waals surface area contributed by atoms with Gasteiger partial charge in [0.1, 0.15) is 11.3 Å². The lowest BCUT2D eigenvalue weighted by Crippen LogP contribution is -2.27. The Hall–Kier alpha value is -1.36. The second-order valence-corrected chi connectivity index (χ2v) is 5.73. The van der Waals surface area contributed by atoms with Gasteiger partial charge in [-0.05, 0) is 46.2 Å². The van der Waals surface area contributed by atoms with Crippen LogP contribution in [0.25, 0.3) is 11.0 Å². The molecule has 0 amide bonds. The summed E-state index contributed by atoms with van der Waals surface area (Å²) < 4.78 is 5.88. The molecule has 2 rings (SSSR count). The lowest BCUT2D eigenvalue weighted by atomic mass is 10.1. The minimum Gasteiger partial charge on any atom is -0.459 e. The highest BCUT2D eigenvalue weighted by Gasteiger charge is 2.15. The fourth-order valence-electron chi connectivity index (χ4n) is 2.67. The molecule has 0 saturated heterocycles. The summed E-state index contributed by atoms with van der Waals surface area (Å²) in [6.07, 6.45) is 1.18. The number of hydrogen-bond donors (Lipinski definition) is 1. The number of nitrogens with two attached hydrogens (primary N) is 1. The second kappa shape index (κ2) is 7.59. The zero-order chi connectivity index (χ0) is 15.2. The third-order valence-electron chi connectivity index (χ3n) is 3.88. The van der Waals surface area contributed by atoms with Crippen LogP contribution in [0.4, 0.5) is 0 Å². The summed E-state index contributed by atoms with van der Waals surface area (Å²) in [6, 6.07) is 8.20. The van der Waals surface area contributed by atoms with Crippen LogP contribution in [0.15, 0.2) is 28.7 Å². The molecule has 1 aromatic carbocycles. The van der Waals surface area contributed by atoms with E-state index >= 15 is 0 Å². The Balaban J connectivity index is 2.12. The summed E-state index contributed by atoms with van der Waals surface area (Å²) in [5, 5.41) is 1.20. The van der Waals surface area contributed by atoms with Gasteiger partial charge >= 0.3 is 0 Å². The van der Waals surface area contributed by atoms with E-state index in [4.69, 9.17) is 10.2 Å². The minimum absolute atomic E-state index is 0.458. The Kier molecular flexibility index (Phi) is 5.79. The number of benzene rings is 1. The molecule has 0 fully saturated rings. The molecular weight excluding hydrogens is 262 g/mol. The molecule has 1 heterocycles. The van der Waals surface area contributed by atoms with E-state index in [1.807, 2.05) is 12.1 Å². The van der Waals surface area contributed by atoms with E-state index in [9.17, 15) is 0 Å². The SMILES string of the molecule is CCN(CCCN(C)C)Cc1c(CN)oc2ccccc12. The molecule has 0 aliphatic heterocycles. The molecule has 0 unspecified atom stereocenters. The van der Waals surface area contributed by atoms with Gasteiger partial charge in [-0.1, -0.05) is 25.1 Å². The Labute approximate surface area is 127 Å². The number of para-hydroxylation sites is 1. The number of nitrogens with zero attached hydrogens (tertiary/aromatic N) is 2. The first-order valence-electron chi connectivity index (χ1n) is 7.72. The molecule has 0 bridgehead atoms. The summed E-state index contributed by atoms with van der Waals surface area (Å²) >= 11 is 0. The third kappa shape index (κ3) is 4.06. The number of furan rings is 1. The van der Waals surface area contributed by atoms with Crippen molar-refractivity contribution in [2.24, 2.45) is 5.73 Å². The monoisotopic (exact) mass is 289 g/mol. The lowest BCUT2D eigenvalue weighted by Gasteiger charge is -2.21.